The minimum absolute atomic E-state index is 0.0284. The lowest BCUT2D eigenvalue weighted by atomic mass is 10.2. The first-order chi connectivity index (χ1) is 13.0. The average molecular weight is 387 g/mol. The first-order valence-corrected chi connectivity index (χ1v) is 9.74. The zero-order valence-corrected chi connectivity index (χ0v) is 16.2. The highest BCUT2D eigenvalue weighted by molar-refractivity contribution is 7.89. The molecule has 0 atom stereocenters. The van der Waals surface area contributed by atoms with E-state index in [1.807, 2.05) is 42.0 Å². The largest absolute Gasteiger partial charge is 0.497 e. The smallest absolute Gasteiger partial charge is 0.244 e. The van der Waals surface area contributed by atoms with Gasteiger partial charge in [-0.2, -0.15) is 0 Å². The van der Waals surface area contributed by atoms with E-state index >= 15 is 0 Å². The number of sulfonamides is 1. The molecule has 1 heterocycles. The first-order valence-electron chi connectivity index (χ1n) is 8.26. The van der Waals surface area contributed by atoms with Gasteiger partial charge in [-0.15, -0.1) is 0 Å². The van der Waals surface area contributed by atoms with Gasteiger partial charge in [0.05, 0.1) is 19.9 Å². The number of nitrogens with one attached hydrogen (secondary N) is 1. The van der Waals surface area contributed by atoms with Crippen molar-refractivity contribution in [1.29, 1.82) is 0 Å². The molecule has 0 bridgehead atoms. The Kier molecular flexibility index (Phi) is 5.48. The molecule has 0 unspecified atom stereocenters. The van der Waals surface area contributed by atoms with E-state index in [9.17, 15) is 8.42 Å². The van der Waals surface area contributed by atoms with Crippen molar-refractivity contribution < 1.29 is 17.9 Å². The number of benzene rings is 2. The maximum Gasteiger partial charge on any atom is 0.244 e. The third kappa shape index (κ3) is 3.96. The second-order valence-corrected chi connectivity index (χ2v) is 7.55. The third-order valence-electron chi connectivity index (χ3n) is 4.19. The molecule has 142 valence electrons. The SMILES string of the molecule is COc1ccc(OC)c(S(=O)(=O)NCc2ccccc2-n2ccnc2C)c1. The molecule has 0 aliphatic carbocycles. The highest BCUT2D eigenvalue weighted by Gasteiger charge is 2.21. The Hall–Kier alpha value is -2.84. The monoisotopic (exact) mass is 387 g/mol. The van der Waals surface area contributed by atoms with Gasteiger partial charge in [0.15, 0.2) is 0 Å². The van der Waals surface area contributed by atoms with Gasteiger partial charge < -0.3 is 14.0 Å². The van der Waals surface area contributed by atoms with Gasteiger partial charge in [-0.05, 0) is 30.7 Å². The summed E-state index contributed by atoms with van der Waals surface area (Å²) in [4.78, 5) is 4.25. The standard InChI is InChI=1S/C19H21N3O4S/c1-14-20-10-11-22(14)17-7-5-4-6-15(17)13-21-27(23,24)19-12-16(25-2)8-9-18(19)26-3/h4-12,21H,13H2,1-3H3. The lowest BCUT2D eigenvalue weighted by Crippen LogP contribution is -2.24. The molecule has 0 aliphatic heterocycles. The molecular weight excluding hydrogens is 366 g/mol. The van der Waals surface area contributed by atoms with Crippen LogP contribution < -0.4 is 14.2 Å². The highest BCUT2D eigenvalue weighted by Crippen LogP contribution is 2.28. The Morgan fingerprint density at radius 2 is 1.89 bits per heavy atom. The van der Waals surface area contributed by atoms with Gasteiger partial charge in [0.2, 0.25) is 10.0 Å². The highest BCUT2D eigenvalue weighted by atomic mass is 32.2. The summed E-state index contributed by atoms with van der Waals surface area (Å²) in [5, 5.41) is 0. The first kappa shape index (κ1) is 18.9. The molecule has 0 saturated heterocycles. The van der Waals surface area contributed by atoms with Crippen molar-refractivity contribution in [3.63, 3.8) is 0 Å². The van der Waals surface area contributed by atoms with Crippen LogP contribution >= 0.6 is 0 Å². The van der Waals surface area contributed by atoms with Gasteiger partial charge in [0, 0.05) is 25.0 Å². The quantitative estimate of drug-likeness (QED) is 0.674. The van der Waals surface area contributed by atoms with E-state index in [2.05, 4.69) is 9.71 Å². The Bertz CT molecular complexity index is 1040. The number of aromatic nitrogens is 2. The summed E-state index contributed by atoms with van der Waals surface area (Å²) in [6, 6.07) is 12.2. The van der Waals surface area contributed by atoms with E-state index < -0.39 is 10.0 Å². The van der Waals surface area contributed by atoms with E-state index in [-0.39, 0.29) is 17.2 Å². The van der Waals surface area contributed by atoms with Crippen LogP contribution in [-0.2, 0) is 16.6 Å². The number of imidazole rings is 1. The number of hydrogen-bond acceptors (Lipinski definition) is 5. The number of nitrogens with zero attached hydrogens (tertiary/aromatic N) is 2. The van der Waals surface area contributed by atoms with Crippen molar-refractivity contribution in [3.8, 4) is 17.2 Å². The van der Waals surface area contributed by atoms with Crippen LogP contribution in [0.15, 0.2) is 59.8 Å². The third-order valence-corrected chi connectivity index (χ3v) is 5.61. The fourth-order valence-electron chi connectivity index (χ4n) is 2.77. The predicted octanol–water partition coefficient (Wildman–Crippen LogP) is 2.68. The predicted molar refractivity (Wildman–Crippen MR) is 102 cm³/mol. The van der Waals surface area contributed by atoms with Gasteiger partial charge in [-0.25, -0.2) is 18.1 Å². The van der Waals surface area contributed by atoms with Gasteiger partial charge in [-0.1, -0.05) is 18.2 Å². The topological polar surface area (TPSA) is 82.5 Å². The Balaban J connectivity index is 1.91. The summed E-state index contributed by atoms with van der Waals surface area (Å²) in [6.45, 7) is 2.01. The molecule has 0 fully saturated rings. The zero-order chi connectivity index (χ0) is 19.4. The second-order valence-electron chi connectivity index (χ2n) is 5.81. The molecule has 0 radical (unpaired) electrons. The number of methoxy groups -OCH3 is 2. The van der Waals surface area contributed by atoms with Crippen LogP contribution in [0.2, 0.25) is 0 Å². The van der Waals surface area contributed by atoms with Crippen molar-refractivity contribution in [2.45, 2.75) is 18.4 Å². The van der Waals surface area contributed by atoms with E-state index in [1.54, 1.807) is 18.3 Å². The van der Waals surface area contributed by atoms with Gasteiger partial charge in [-0.3, -0.25) is 0 Å². The molecule has 1 aromatic heterocycles. The van der Waals surface area contributed by atoms with Gasteiger partial charge in [0.1, 0.15) is 22.2 Å². The summed E-state index contributed by atoms with van der Waals surface area (Å²) in [5.41, 5.74) is 1.69. The number of aryl methyl sites for hydroxylation is 1. The molecule has 2 aromatic carbocycles. The van der Waals surface area contributed by atoms with Crippen LogP contribution in [0.5, 0.6) is 11.5 Å². The summed E-state index contributed by atoms with van der Waals surface area (Å²) in [5.74, 6) is 1.51. The summed E-state index contributed by atoms with van der Waals surface area (Å²) >= 11 is 0. The fourth-order valence-corrected chi connectivity index (χ4v) is 3.96. The van der Waals surface area contributed by atoms with E-state index in [0.29, 0.717) is 5.75 Å². The zero-order valence-electron chi connectivity index (χ0n) is 15.3. The van der Waals surface area contributed by atoms with Crippen molar-refractivity contribution in [2.24, 2.45) is 0 Å². The molecule has 0 spiro atoms. The molecule has 0 aliphatic rings. The fraction of sp³-hybridized carbons (Fsp3) is 0.211. The molecule has 8 heteroatoms. The number of rotatable bonds is 7. The normalized spacial score (nSPS) is 11.4. The molecule has 0 saturated carbocycles. The van der Waals surface area contributed by atoms with Crippen LogP contribution in [0.3, 0.4) is 0 Å². The van der Waals surface area contributed by atoms with E-state index in [1.165, 1.54) is 20.3 Å². The summed E-state index contributed by atoms with van der Waals surface area (Å²) in [7, 11) is -0.899. The van der Waals surface area contributed by atoms with Crippen LogP contribution in [0, 0.1) is 6.92 Å². The Labute approximate surface area is 158 Å². The maximum atomic E-state index is 12.9. The Morgan fingerprint density at radius 1 is 1.11 bits per heavy atom. The van der Waals surface area contributed by atoms with Crippen molar-refractivity contribution >= 4 is 10.0 Å². The maximum absolute atomic E-state index is 12.9. The van der Waals surface area contributed by atoms with Crippen LogP contribution in [0.25, 0.3) is 5.69 Å². The number of ether oxygens (including phenoxy) is 2. The molecular formula is C19H21N3O4S. The van der Waals surface area contributed by atoms with Crippen molar-refractivity contribution in [1.82, 2.24) is 14.3 Å². The van der Waals surface area contributed by atoms with E-state index in [4.69, 9.17) is 9.47 Å². The molecule has 7 nitrogen and oxygen atoms in total. The lowest BCUT2D eigenvalue weighted by molar-refractivity contribution is 0.392. The summed E-state index contributed by atoms with van der Waals surface area (Å²) < 4.78 is 40.6. The van der Waals surface area contributed by atoms with Crippen molar-refractivity contribution in [3.05, 3.63) is 66.2 Å². The molecule has 27 heavy (non-hydrogen) atoms. The van der Waals surface area contributed by atoms with Crippen LogP contribution in [0.4, 0.5) is 0 Å². The van der Waals surface area contributed by atoms with Crippen molar-refractivity contribution in [2.75, 3.05) is 14.2 Å². The van der Waals surface area contributed by atoms with Crippen LogP contribution in [0.1, 0.15) is 11.4 Å². The molecule has 0 amide bonds. The minimum atomic E-state index is -3.81. The van der Waals surface area contributed by atoms with Gasteiger partial charge in [0.25, 0.3) is 0 Å². The number of hydrogen-bond donors (Lipinski definition) is 1. The lowest BCUT2D eigenvalue weighted by Gasteiger charge is -2.14. The summed E-state index contributed by atoms with van der Waals surface area (Å²) in [6.07, 6.45) is 3.55. The molecule has 3 rings (SSSR count). The van der Waals surface area contributed by atoms with E-state index in [0.717, 1.165) is 17.1 Å². The van der Waals surface area contributed by atoms with Crippen LogP contribution in [-0.4, -0.2) is 32.2 Å². The average Bonchev–Trinajstić information content (AvgIpc) is 3.11. The van der Waals surface area contributed by atoms with Gasteiger partial charge >= 0.3 is 0 Å². The molecule has 3 aromatic rings. The minimum Gasteiger partial charge on any atom is -0.497 e. The number of para-hydroxylation sites is 1. The Morgan fingerprint density at radius 3 is 2.56 bits per heavy atom. The molecule has 1 N–H and O–H groups in total. The second kappa shape index (κ2) is 7.81.